The minimum atomic E-state index is -4.72. The van der Waals surface area contributed by atoms with Gasteiger partial charge in [-0.15, -0.1) is 5.01 Å². The number of hydrogen-bond donors (Lipinski definition) is 1. The van der Waals surface area contributed by atoms with E-state index in [-0.39, 0.29) is 39.9 Å². The van der Waals surface area contributed by atoms with E-state index >= 15 is 0 Å². The summed E-state index contributed by atoms with van der Waals surface area (Å²) in [5.74, 6) is -0.692. The summed E-state index contributed by atoms with van der Waals surface area (Å²) in [7, 11) is -4.46. The number of rotatable bonds is 13. The SMILES string of the molecule is CCN(CCOC(=O)NS(=O)(=O)c1ccc(-n2nc(C(F)(F)F)cc2-c2ccc(C)cc2)cc1)[N+]([O-])=NOC(C)OC(=O)c1ccccc1. The second kappa shape index (κ2) is 15.5. The van der Waals surface area contributed by atoms with Gasteiger partial charge in [0.1, 0.15) is 13.2 Å². The first-order chi connectivity index (χ1) is 23.2. The van der Waals surface area contributed by atoms with E-state index in [0.717, 1.165) is 33.5 Å². The lowest BCUT2D eigenvalue weighted by molar-refractivity contribution is -0.712. The van der Waals surface area contributed by atoms with Crippen LogP contribution in [0.4, 0.5) is 18.0 Å². The summed E-state index contributed by atoms with van der Waals surface area (Å²) >= 11 is 0. The molecular formula is C31H31F3N6O8S. The summed E-state index contributed by atoms with van der Waals surface area (Å²) in [6.45, 7) is 4.18. The van der Waals surface area contributed by atoms with E-state index in [9.17, 15) is 36.4 Å². The number of sulfonamides is 1. The minimum Gasteiger partial charge on any atom is -0.569 e. The van der Waals surface area contributed by atoms with Crippen molar-refractivity contribution >= 4 is 22.1 Å². The Bertz CT molecular complexity index is 1890. The molecule has 0 aliphatic heterocycles. The lowest BCUT2D eigenvalue weighted by atomic mass is 10.1. The van der Waals surface area contributed by atoms with Crippen molar-refractivity contribution < 1.29 is 50.5 Å². The number of amides is 1. The third-order valence-corrected chi connectivity index (χ3v) is 8.02. The van der Waals surface area contributed by atoms with E-state index in [0.29, 0.717) is 5.56 Å². The van der Waals surface area contributed by atoms with Crippen LogP contribution in [0.25, 0.3) is 16.9 Å². The Balaban J connectivity index is 1.33. The van der Waals surface area contributed by atoms with Gasteiger partial charge in [-0.2, -0.15) is 18.3 Å². The van der Waals surface area contributed by atoms with E-state index in [1.54, 1.807) is 54.1 Å². The van der Waals surface area contributed by atoms with Crippen molar-refractivity contribution in [2.45, 2.75) is 38.1 Å². The Morgan fingerprint density at radius 2 is 1.71 bits per heavy atom. The highest BCUT2D eigenvalue weighted by Crippen LogP contribution is 2.33. The standard InChI is InChI=1S/C31H31F3N6O8S/c1-4-38(40(43)37-48-22(3)47-29(41)24-8-6-5-7-9-24)18-19-46-30(42)36-49(44,45)26-16-14-25(15-17-26)39-27(20-28(35-39)31(32,33)34)23-12-10-21(2)11-13-23/h5-17,20,22H,4,18-19H2,1-3H3,(H,36,42). The Morgan fingerprint density at radius 3 is 2.33 bits per heavy atom. The zero-order chi connectivity index (χ0) is 35.8. The maximum Gasteiger partial charge on any atom is 0.435 e. The number of halogens is 3. The molecule has 3 aromatic carbocycles. The van der Waals surface area contributed by atoms with Crippen LogP contribution in [0.2, 0.25) is 0 Å². The molecule has 0 aliphatic carbocycles. The number of carbonyl (C=O) groups is 2. The van der Waals surface area contributed by atoms with E-state index in [2.05, 4.69) is 10.4 Å². The number of aromatic nitrogens is 2. The van der Waals surface area contributed by atoms with Gasteiger partial charge >= 0.3 is 18.2 Å². The van der Waals surface area contributed by atoms with Crippen LogP contribution in [0.15, 0.2) is 95.1 Å². The summed E-state index contributed by atoms with van der Waals surface area (Å²) in [5, 5.41) is 20.4. The van der Waals surface area contributed by atoms with Crippen molar-refractivity contribution in [2.24, 2.45) is 5.28 Å². The smallest absolute Gasteiger partial charge is 0.435 e. The molecule has 1 atom stereocenters. The molecule has 4 rings (SSSR count). The number of carbonyl (C=O) groups excluding carboxylic acids is 2. The normalized spacial score (nSPS) is 12.6. The molecule has 0 fully saturated rings. The molecule has 0 radical (unpaired) electrons. The molecule has 260 valence electrons. The van der Waals surface area contributed by atoms with Crippen LogP contribution in [0.3, 0.4) is 0 Å². The summed E-state index contributed by atoms with van der Waals surface area (Å²) in [6.07, 6.45) is -7.29. The van der Waals surface area contributed by atoms with Crippen molar-refractivity contribution in [2.75, 3.05) is 19.7 Å². The fraction of sp³-hybridized carbons (Fsp3) is 0.258. The average Bonchev–Trinajstić information content (AvgIpc) is 3.53. The van der Waals surface area contributed by atoms with Gasteiger partial charge in [0.15, 0.2) is 5.69 Å². The topological polar surface area (TPSA) is 167 Å². The lowest BCUT2D eigenvalue weighted by Crippen LogP contribution is -2.37. The van der Waals surface area contributed by atoms with Gasteiger partial charge < -0.3 is 14.7 Å². The molecule has 1 amide bonds. The largest absolute Gasteiger partial charge is 0.569 e. The zero-order valence-corrected chi connectivity index (χ0v) is 27.1. The Morgan fingerprint density at radius 1 is 1.06 bits per heavy atom. The molecular weight excluding hydrogens is 673 g/mol. The van der Waals surface area contributed by atoms with Crippen molar-refractivity contribution in [1.82, 2.24) is 19.5 Å². The first-order valence-electron chi connectivity index (χ1n) is 14.6. The molecule has 0 bridgehead atoms. The monoisotopic (exact) mass is 704 g/mol. The lowest BCUT2D eigenvalue weighted by Gasteiger charge is -2.17. The number of nitrogens with zero attached hydrogens (tertiary/aromatic N) is 5. The van der Waals surface area contributed by atoms with Crippen molar-refractivity contribution in [3.63, 3.8) is 0 Å². The molecule has 49 heavy (non-hydrogen) atoms. The number of aryl methyl sites for hydroxylation is 1. The number of esters is 1. The molecule has 4 aromatic rings. The molecule has 14 nitrogen and oxygen atoms in total. The molecule has 0 spiro atoms. The summed E-state index contributed by atoms with van der Waals surface area (Å²) in [5.41, 5.74) is 0.751. The van der Waals surface area contributed by atoms with Gasteiger partial charge in [0.05, 0.1) is 33.4 Å². The highest BCUT2D eigenvalue weighted by Gasteiger charge is 2.35. The first kappa shape index (κ1) is 36.2. The van der Waals surface area contributed by atoms with Gasteiger partial charge in [-0.05, 0) is 56.3 Å². The Labute approximate surface area is 278 Å². The summed E-state index contributed by atoms with van der Waals surface area (Å²) in [4.78, 5) is 28.9. The second-order valence-corrected chi connectivity index (χ2v) is 11.9. The predicted octanol–water partition coefficient (Wildman–Crippen LogP) is 5.62. The third-order valence-electron chi connectivity index (χ3n) is 6.69. The maximum atomic E-state index is 13.5. The molecule has 1 unspecified atom stereocenters. The van der Waals surface area contributed by atoms with Gasteiger partial charge in [-0.3, -0.25) is 4.84 Å². The van der Waals surface area contributed by atoms with Gasteiger partial charge in [0.2, 0.25) is 5.28 Å². The number of benzene rings is 3. The molecule has 0 aliphatic rings. The van der Waals surface area contributed by atoms with Gasteiger partial charge in [0, 0.05) is 12.5 Å². The van der Waals surface area contributed by atoms with Crippen LogP contribution in [0, 0.1) is 12.1 Å². The average molecular weight is 705 g/mol. The fourth-order valence-corrected chi connectivity index (χ4v) is 5.08. The second-order valence-electron chi connectivity index (χ2n) is 10.3. The van der Waals surface area contributed by atoms with Crippen molar-refractivity contribution in [3.05, 3.63) is 107 Å². The highest BCUT2D eigenvalue weighted by molar-refractivity contribution is 7.90. The van der Waals surface area contributed by atoms with E-state index < -0.39 is 46.9 Å². The zero-order valence-electron chi connectivity index (χ0n) is 26.3. The Kier molecular flexibility index (Phi) is 11.4. The number of likely N-dealkylation sites (N-methyl/N-ethyl adjacent to an activating group) is 1. The van der Waals surface area contributed by atoms with Crippen LogP contribution in [0.5, 0.6) is 0 Å². The van der Waals surface area contributed by atoms with Crippen LogP contribution in [0.1, 0.15) is 35.5 Å². The van der Waals surface area contributed by atoms with Crippen molar-refractivity contribution in [1.29, 1.82) is 0 Å². The number of alkyl halides is 3. The molecule has 0 saturated carbocycles. The molecule has 0 saturated heterocycles. The maximum absolute atomic E-state index is 13.5. The first-order valence-corrected chi connectivity index (χ1v) is 16.1. The van der Waals surface area contributed by atoms with Gasteiger partial charge in [0.25, 0.3) is 16.3 Å². The summed E-state index contributed by atoms with van der Waals surface area (Å²) in [6, 6.07) is 20.4. The number of ether oxygens (including phenoxy) is 2. The van der Waals surface area contributed by atoms with E-state index in [1.807, 2.05) is 6.92 Å². The van der Waals surface area contributed by atoms with Crippen LogP contribution in [-0.4, -0.2) is 66.2 Å². The number of nitrogens with one attached hydrogen (secondary N) is 1. The third kappa shape index (κ3) is 9.69. The van der Waals surface area contributed by atoms with Crippen LogP contribution >= 0.6 is 0 Å². The van der Waals surface area contributed by atoms with Crippen LogP contribution < -0.4 is 4.72 Å². The quantitative estimate of drug-likeness (QED) is 0.0607. The predicted molar refractivity (Wildman–Crippen MR) is 166 cm³/mol. The Hall–Kier alpha value is -5.65. The number of hydrazine groups is 1. The summed E-state index contributed by atoms with van der Waals surface area (Å²) < 4.78 is 78.8. The van der Waals surface area contributed by atoms with Crippen LogP contribution in [-0.2, 0) is 30.5 Å². The van der Waals surface area contributed by atoms with Crippen molar-refractivity contribution in [3.8, 4) is 16.9 Å². The van der Waals surface area contributed by atoms with E-state index in [4.69, 9.17) is 14.3 Å². The molecule has 1 aromatic heterocycles. The fourth-order valence-electron chi connectivity index (χ4n) is 4.19. The molecule has 1 heterocycles. The van der Waals surface area contributed by atoms with Gasteiger partial charge in [-0.1, -0.05) is 48.0 Å². The number of hydrogen-bond acceptors (Lipinski definition) is 10. The highest BCUT2D eigenvalue weighted by atomic mass is 32.2. The molecule has 1 N–H and O–H groups in total. The minimum absolute atomic E-state index is 0.0495. The van der Waals surface area contributed by atoms with E-state index in [1.165, 1.54) is 31.2 Å². The van der Waals surface area contributed by atoms with Gasteiger partial charge in [-0.25, -0.2) is 27.4 Å². The molecule has 18 heteroatoms.